The van der Waals surface area contributed by atoms with Crippen molar-refractivity contribution in [3.05, 3.63) is 0 Å². The number of aliphatic carboxylic acids is 1. The third-order valence-electron chi connectivity index (χ3n) is 8.84. The number of unbranched alkanes of at least 4 members (excludes halogenated alkanes) is 20. The van der Waals surface area contributed by atoms with Gasteiger partial charge in [-0.1, -0.05) is 122 Å². The molecule has 4 atom stereocenters. The molecule has 0 aliphatic heterocycles. The van der Waals surface area contributed by atoms with E-state index < -0.39 is 66.6 Å². The molecule has 12 nitrogen and oxygen atoms in total. The van der Waals surface area contributed by atoms with Crippen LogP contribution in [0.1, 0.15) is 176 Å². The van der Waals surface area contributed by atoms with E-state index in [2.05, 4.69) is 5.32 Å². The Kier molecular flexibility index (Phi) is 29.6. The van der Waals surface area contributed by atoms with E-state index in [-0.39, 0.29) is 0 Å². The highest BCUT2D eigenvalue weighted by Crippen LogP contribution is 2.22. The monoisotopic (exact) mass is 727 g/mol. The Labute approximate surface area is 306 Å². The fraction of sp³-hybridized carbons (Fsp3) is 0.846. The zero-order valence-corrected chi connectivity index (χ0v) is 32.3. The van der Waals surface area contributed by atoms with E-state index in [1.54, 1.807) is 0 Å². The number of carbonyl (C=O) groups is 6. The number of carbonyl (C=O) groups excluding carboxylic acids is 5. The Hall–Kier alpha value is -3.18. The Morgan fingerprint density at radius 2 is 0.843 bits per heavy atom. The van der Waals surface area contributed by atoms with Crippen LogP contribution in [-0.2, 0) is 47.7 Å². The van der Waals surface area contributed by atoms with Gasteiger partial charge in [-0.2, -0.15) is 0 Å². The Morgan fingerprint density at radius 3 is 1.20 bits per heavy atom. The van der Waals surface area contributed by atoms with E-state index in [1.165, 1.54) is 104 Å². The van der Waals surface area contributed by atoms with Crippen molar-refractivity contribution in [3.63, 3.8) is 0 Å². The highest BCUT2D eigenvalue weighted by molar-refractivity contribution is 5.79. The van der Waals surface area contributed by atoms with Gasteiger partial charge in [0.2, 0.25) is 5.91 Å². The fourth-order valence-corrected chi connectivity index (χ4v) is 6.08. The normalized spacial score (nSPS) is 13.4. The highest BCUT2D eigenvalue weighted by atomic mass is 16.6. The molecule has 51 heavy (non-hydrogen) atoms. The van der Waals surface area contributed by atoms with Crippen molar-refractivity contribution in [1.82, 2.24) is 5.32 Å². The van der Waals surface area contributed by atoms with Crippen molar-refractivity contribution in [1.29, 1.82) is 0 Å². The Bertz CT molecular complexity index is 986. The van der Waals surface area contributed by atoms with Crippen LogP contribution in [0, 0.1) is 5.92 Å². The summed E-state index contributed by atoms with van der Waals surface area (Å²) in [5.74, 6) is -4.93. The lowest BCUT2D eigenvalue weighted by Gasteiger charge is -2.34. The molecule has 0 saturated carbocycles. The van der Waals surface area contributed by atoms with E-state index in [0.717, 1.165) is 65.7 Å². The number of esters is 4. The molecule has 0 aromatic heterocycles. The summed E-state index contributed by atoms with van der Waals surface area (Å²) >= 11 is 0. The predicted octanol–water partition coefficient (Wildman–Crippen LogP) is 7.76. The average Bonchev–Trinajstić information content (AvgIpc) is 3.05. The molecule has 0 saturated heterocycles. The Balaban J connectivity index is 4.13. The minimum Gasteiger partial charge on any atom is -0.481 e. The number of carboxylic acid groups (broad SMARTS) is 1. The molecule has 0 unspecified atom stereocenters. The molecule has 0 rings (SSSR count). The van der Waals surface area contributed by atoms with E-state index in [4.69, 9.17) is 24.1 Å². The molecule has 0 heterocycles. The summed E-state index contributed by atoms with van der Waals surface area (Å²) < 4.78 is 21.0. The third-order valence-corrected chi connectivity index (χ3v) is 8.84. The molecule has 296 valence electrons. The SMILES string of the molecule is CC(=O)OC[C@@H](OC(C)=O)[C@@H](OC(C)=O)[C@H](OC(C)=O)[C@@H](C)C(=O)NCCCCCCCCCCCCCCCCCCCCCCCC(=O)O. The molecule has 2 N–H and O–H groups in total. The molecule has 0 bridgehead atoms. The van der Waals surface area contributed by atoms with E-state index in [0.29, 0.717) is 13.0 Å². The number of carboxylic acids is 1. The Morgan fingerprint density at radius 1 is 0.490 bits per heavy atom. The van der Waals surface area contributed by atoms with Crippen LogP contribution < -0.4 is 5.32 Å². The molecule has 0 aromatic carbocycles. The van der Waals surface area contributed by atoms with Gasteiger partial charge in [-0.25, -0.2) is 0 Å². The fourth-order valence-electron chi connectivity index (χ4n) is 6.08. The number of amides is 1. The van der Waals surface area contributed by atoms with Gasteiger partial charge in [-0.15, -0.1) is 0 Å². The van der Waals surface area contributed by atoms with Gasteiger partial charge < -0.3 is 29.4 Å². The van der Waals surface area contributed by atoms with Crippen LogP contribution in [0.15, 0.2) is 0 Å². The maximum Gasteiger partial charge on any atom is 0.303 e. The smallest absolute Gasteiger partial charge is 0.303 e. The van der Waals surface area contributed by atoms with Crippen LogP contribution in [0.3, 0.4) is 0 Å². The van der Waals surface area contributed by atoms with Gasteiger partial charge in [0.1, 0.15) is 6.61 Å². The van der Waals surface area contributed by atoms with Crippen LogP contribution in [0.5, 0.6) is 0 Å². The van der Waals surface area contributed by atoms with Crippen LogP contribution in [-0.4, -0.2) is 72.3 Å². The first-order valence-electron chi connectivity index (χ1n) is 19.5. The van der Waals surface area contributed by atoms with Gasteiger partial charge in [-0.05, 0) is 19.8 Å². The maximum atomic E-state index is 13.0. The first kappa shape index (κ1) is 47.8. The van der Waals surface area contributed by atoms with Gasteiger partial charge >= 0.3 is 29.8 Å². The van der Waals surface area contributed by atoms with Crippen LogP contribution in [0.25, 0.3) is 0 Å². The lowest BCUT2D eigenvalue weighted by Crippen LogP contribution is -2.52. The zero-order valence-electron chi connectivity index (χ0n) is 32.3. The number of hydrogen-bond donors (Lipinski definition) is 2. The molecule has 0 aliphatic carbocycles. The summed E-state index contributed by atoms with van der Waals surface area (Å²) in [6.45, 7) is 6.10. The summed E-state index contributed by atoms with van der Waals surface area (Å²) in [5, 5.41) is 11.5. The maximum absolute atomic E-state index is 13.0. The van der Waals surface area contributed by atoms with E-state index in [1.807, 2.05) is 0 Å². The van der Waals surface area contributed by atoms with Crippen molar-refractivity contribution in [2.45, 2.75) is 194 Å². The molecular weight excluding hydrogens is 658 g/mol. The largest absolute Gasteiger partial charge is 0.481 e. The van der Waals surface area contributed by atoms with Gasteiger partial charge in [-0.3, -0.25) is 28.8 Å². The predicted molar refractivity (Wildman–Crippen MR) is 195 cm³/mol. The molecule has 0 fully saturated rings. The second-order valence-electron chi connectivity index (χ2n) is 13.7. The molecule has 1 amide bonds. The molecule has 0 spiro atoms. The summed E-state index contributed by atoms with van der Waals surface area (Å²) in [7, 11) is 0. The lowest BCUT2D eigenvalue weighted by atomic mass is 9.94. The highest BCUT2D eigenvalue weighted by Gasteiger charge is 2.43. The first-order chi connectivity index (χ1) is 24.3. The number of nitrogens with one attached hydrogen (secondary N) is 1. The van der Waals surface area contributed by atoms with E-state index in [9.17, 15) is 28.8 Å². The van der Waals surface area contributed by atoms with Gasteiger partial charge in [0.15, 0.2) is 18.3 Å². The van der Waals surface area contributed by atoms with Gasteiger partial charge in [0, 0.05) is 40.7 Å². The standard InChI is InChI=1S/C39H69NO11/c1-30(37(50-33(4)43)38(51-34(5)44)35(49-32(3)42)29-48-31(2)41)39(47)40-28-26-24-22-20-18-16-14-12-10-8-6-7-9-11-13-15-17-19-21-23-25-27-36(45)46/h30,35,37-38H,6-29H2,1-5H3,(H,40,47)(H,45,46)/t30-,35-,37-,38-/m1/s1. The minimum absolute atomic E-state index is 0.303. The third kappa shape index (κ3) is 29.1. The minimum atomic E-state index is -1.39. The van der Waals surface area contributed by atoms with Crippen LogP contribution in [0.2, 0.25) is 0 Å². The van der Waals surface area contributed by atoms with Crippen molar-refractivity contribution in [2.75, 3.05) is 13.2 Å². The van der Waals surface area contributed by atoms with Crippen molar-refractivity contribution in [2.24, 2.45) is 5.92 Å². The lowest BCUT2D eigenvalue weighted by molar-refractivity contribution is -0.193. The molecule has 12 heteroatoms. The van der Waals surface area contributed by atoms with Crippen LogP contribution in [0.4, 0.5) is 0 Å². The molecule has 0 radical (unpaired) electrons. The van der Waals surface area contributed by atoms with Crippen molar-refractivity contribution in [3.8, 4) is 0 Å². The number of rotatable bonds is 33. The number of ether oxygens (including phenoxy) is 4. The average molecular weight is 728 g/mol. The van der Waals surface area contributed by atoms with E-state index >= 15 is 0 Å². The quantitative estimate of drug-likeness (QED) is 0.0384. The number of hydrogen-bond acceptors (Lipinski definition) is 10. The second kappa shape index (κ2) is 31.5. The summed E-state index contributed by atoms with van der Waals surface area (Å²) in [4.78, 5) is 70.6. The van der Waals surface area contributed by atoms with Gasteiger partial charge in [0.05, 0.1) is 5.92 Å². The van der Waals surface area contributed by atoms with Crippen molar-refractivity contribution < 1.29 is 52.8 Å². The summed E-state index contributed by atoms with van der Waals surface area (Å²) in [6.07, 6.45) is 21.5. The van der Waals surface area contributed by atoms with Crippen LogP contribution >= 0.6 is 0 Å². The van der Waals surface area contributed by atoms with Gasteiger partial charge in [0.25, 0.3) is 0 Å². The zero-order chi connectivity index (χ0) is 38.3. The summed E-state index contributed by atoms with van der Waals surface area (Å²) in [5.41, 5.74) is 0. The molecular formula is C39H69NO11. The topological polar surface area (TPSA) is 172 Å². The first-order valence-corrected chi connectivity index (χ1v) is 19.5. The molecule has 0 aromatic rings. The second-order valence-corrected chi connectivity index (χ2v) is 13.7. The van der Waals surface area contributed by atoms with Crippen molar-refractivity contribution >= 4 is 35.8 Å². The summed E-state index contributed by atoms with van der Waals surface area (Å²) in [6, 6.07) is 0. The molecule has 0 aliphatic rings.